The summed E-state index contributed by atoms with van der Waals surface area (Å²) in [5, 5.41) is 0. The first-order valence-electron chi connectivity index (χ1n) is 10.7. The Hall–Kier alpha value is -2.39. The highest BCUT2D eigenvalue weighted by molar-refractivity contribution is 6.05. The van der Waals surface area contributed by atoms with Gasteiger partial charge in [0.2, 0.25) is 5.91 Å². The van der Waals surface area contributed by atoms with Crippen LogP contribution in [0.1, 0.15) is 64.7 Å². The molecule has 1 amide bonds. The largest absolute Gasteiger partial charge is 0.318 e. The highest BCUT2D eigenvalue weighted by atomic mass is 16.2. The maximum Gasteiger partial charge on any atom is 0.247 e. The number of benzene rings is 2. The predicted octanol–water partition coefficient (Wildman–Crippen LogP) is 5.88. The lowest BCUT2D eigenvalue weighted by molar-refractivity contribution is -0.123. The van der Waals surface area contributed by atoms with Gasteiger partial charge in [-0.3, -0.25) is 4.79 Å². The van der Waals surface area contributed by atoms with Gasteiger partial charge in [0.1, 0.15) is 0 Å². The Balaban J connectivity index is 2.39. The van der Waals surface area contributed by atoms with E-state index in [4.69, 9.17) is 5.73 Å². The zero-order valence-electron chi connectivity index (χ0n) is 18.6. The van der Waals surface area contributed by atoms with Crippen molar-refractivity contribution in [3.63, 3.8) is 0 Å². The van der Waals surface area contributed by atoms with E-state index < -0.39 is 5.54 Å². The number of hydrogen-bond donors (Lipinski definition) is 1. The molecule has 0 aromatic heterocycles. The standard InChI is InChI=1S/C26H34N2O/c1-7-26(6,27)25(29)28-16-19-12-8-9-13-20(19)23(17(2)3)24(18(4)5)21-14-10-11-15-22(21)28/h8-15,17-18H,7,16,27H2,1-6H3/b24-23-. The van der Waals surface area contributed by atoms with E-state index in [-0.39, 0.29) is 5.91 Å². The monoisotopic (exact) mass is 390 g/mol. The fourth-order valence-electron chi connectivity index (χ4n) is 4.29. The van der Waals surface area contributed by atoms with E-state index in [0.717, 1.165) is 11.3 Å². The third-order valence-electron chi connectivity index (χ3n) is 6.03. The Kier molecular flexibility index (Phi) is 6.00. The second-order valence-corrected chi connectivity index (χ2v) is 8.97. The van der Waals surface area contributed by atoms with Gasteiger partial charge in [0, 0.05) is 5.56 Å². The van der Waals surface area contributed by atoms with E-state index in [1.165, 1.54) is 22.3 Å². The number of nitrogens with two attached hydrogens (primary N) is 1. The molecule has 0 saturated heterocycles. The lowest BCUT2D eigenvalue weighted by Gasteiger charge is -2.36. The van der Waals surface area contributed by atoms with Crippen molar-refractivity contribution in [1.82, 2.24) is 0 Å². The molecule has 3 rings (SSSR count). The Morgan fingerprint density at radius 1 is 0.966 bits per heavy atom. The predicted molar refractivity (Wildman–Crippen MR) is 123 cm³/mol. The molecule has 154 valence electrons. The number of carbonyl (C=O) groups is 1. The van der Waals surface area contributed by atoms with Crippen LogP contribution in [0.25, 0.3) is 11.1 Å². The third-order valence-corrected chi connectivity index (χ3v) is 6.03. The number of para-hydroxylation sites is 1. The molecule has 2 aromatic rings. The van der Waals surface area contributed by atoms with Gasteiger partial charge in [0.15, 0.2) is 0 Å². The summed E-state index contributed by atoms with van der Waals surface area (Å²) in [5.41, 5.74) is 12.7. The second-order valence-electron chi connectivity index (χ2n) is 8.97. The van der Waals surface area contributed by atoms with Crippen LogP contribution in [0, 0.1) is 11.8 Å². The molecule has 0 radical (unpaired) electrons. The first kappa shape index (κ1) is 21.3. The van der Waals surface area contributed by atoms with Gasteiger partial charge >= 0.3 is 0 Å². The van der Waals surface area contributed by atoms with Crippen molar-refractivity contribution < 1.29 is 4.79 Å². The van der Waals surface area contributed by atoms with Gasteiger partial charge in [0.05, 0.1) is 17.8 Å². The Labute approximate surface area is 175 Å². The average Bonchev–Trinajstić information content (AvgIpc) is 2.68. The van der Waals surface area contributed by atoms with Crippen molar-refractivity contribution in [3.8, 4) is 0 Å². The summed E-state index contributed by atoms with van der Waals surface area (Å²) in [7, 11) is 0. The van der Waals surface area contributed by atoms with E-state index in [9.17, 15) is 4.79 Å². The van der Waals surface area contributed by atoms with Crippen LogP contribution < -0.4 is 10.6 Å². The molecule has 2 aromatic carbocycles. The number of allylic oxidation sites excluding steroid dienone is 2. The van der Waals surface area contributed by atoms with E-state index in [1.807, 2.05) is 24.8 Å². The van der Waals surface area contributed by atoms with E-state index in [1.54, 1.807) is 0 Å². The van der Waals surface area contributed by atoms with Gasteiger partial charge in [0.25, 0.3) is 0 Å². The second kappa shape index (κ2) is 8.16. The third kappa shape index (κ3) is 3.89. The minimum Gasteiger partial charge on any atom is -0.318 e. The van der Waals surface area contributed by atoms with Gasteiger partial charge < -0.3 is 10.6 Å². The van der Waals surface area contributed by atoms with Crippen LogP contribution in [0.3, 0.4) is 0 Å². The van der Waals surface area contributed by atoms with Crippen LogP contribution in [-0.2, 0) is 11.3 Å². The average molecular weight is 391 g/mol. The maximum absolute atomic E-state index is 13.6. The van der Waals surface area contributed by atoms with Crippen LogP contribution in [0.4, 0.5) is 5.69 Å². The molecule has 0 spiro atoms. The number of fused-ring (bicyclic) bond motifs is 2. The Bertz CT molecular complexity index is 937. The number of carbonyl (C=O) groups excluding carboxylic acids is 1. The molecule has 3 nitrogen and oxygen atoms in total. The maximum atomic E-state index is 13.6. The molecule has 1 atom stereocenters. The zero-order valence-corrected chi connectivity index (χ0v) is 18.6. The zero-order chi connectivity index (χ0) is 21.3. The minimum absolute atomic E-state index is 0.0293. The molecule has 29 heavy (non-hydrogen) atoms. The van der Waals surface area contributed by atoms with Gasteiger partial charge in [-0.05, 0) is 53.5 Å². The quantitative estimate of drug-likeness (QED) is 0.708. The van der Waals surface area contributed by atoms with Gasteiger partial charge in [-0.2, -0.15) is 0 Å². The molecule has 1 unspecified atom stereocenters. The molecule has 2 N–H and O–H groups in total. The molecule has 0 fully saturated rings. The van der Waals surface area contributed by atoms with E-state index >= 15 is 0 Å². The molecular weight excluding hydrogens is 356 g/mol. The first-order chi connectivity index (χ1) is 13.7. The van der Waals surface area contributed by atoms with Crippen molar-refractivity contribution >= 4 is 22.7 Å². The van der Waals surface area contributed by atoms with Crippen molar-refractivity contribution in [3.05, 3.63) is 65.2 Å². The molecular formula is C26H34N2O. The lowest BCUT2D eigenvalue weighted by Crippen LogP contribution is -2.53. The molecule has 1 aliphatic heterocycles. The summed E-state index contributed by atoms with van der Waals surface area (Å²) in [6, 6.07) is 16.8. The summed E-state index contributed by atoms with van der Waals surface area (Å²) in [6.45, 7) is 13.3. The van der Waals surface area contributed by atoms with Crippen LogP contribution in [0.5, 0.6) is 0 Å². The van der Waals surface area contributed by atoms with Crippen molar-refractivity contribution in [2.75, 3.05) is 4.90 Å². The van der Waals surface area contributed by atoms with Crippen LogP contribution in [0.2, 0.25) is 0 Å². The van der Waals surface area contributed by atoms with Gasteiger partial charge in [-0.25, -0.2) is 0 Å². The molecule has 1 aliphatic rings. The number of anilines is 1. The summed E-state index contributed by atoms with van der Waals surface area (Å²) in [5.74, 6) is 0.671. The van der Waals surface area contributed by atoms with Gasteiger partial charge in [-0.1, -0.05) is 77.1 Å². The summed E-state index contributed by atoms with van der Waals surface area (Å²) >= 11 is 0. The van der Waals surface area contributed by atoms with E-state index in [0.29, 0.717) is 24.8 Å². The number of hydrogen-bond acceptors (Lipinski definition) is 2. The van der Waals surface area contributed by atoms with Crippen LogP contribution in [-0.4, -0.2) is 11.4 Å². The summed E-state index contributed by atoms with van der Waals surface area (Å²) in [4.78, 5) is 15.5. The highest BCUT2D eigenvalue weighted by Crippen LogP contribution is 2.44. The molecule has 1 heterocycles. The molecule has 0 bridgehead atoms. The van der Waals surface area contributed by atoms with Gasteiger partial charge in [-0.15, -0.1) is 0 Å². The molecule has 0 aliphatic carbocycles. The Morgan fingerprint density at radius 3 is 2.07 bits per heavy atom. The highest BCUT2D eigenvalue weighted by Gasteiger charge is 2.35. The number of nitrogens with zero attached hydrogens (tertiary/aromatic N) is 1. The smallest absolute Gasteiger partial charge is 0.247 e. The topological polar surface area (TPSA) is 46.3 Å². The van der Waals surface area contributed by atoms with Crippen molar-refractivity contribution in [2.24, 2.45) is 17.6 Å². The molecule has 0 saturated carbocycles. The normalized spacial score (nSPS) is 18.7. The van der Waals surface area contributed by atoms with Crippen LogP contribution >= 0.6 is 0 Å². The van der Waals surface area contributed by atoms with Crippen molar-refractivity contribution in [2.45, 2.75) is 60.0 Å². The minimum atomic E-state index is -0.899. The lowest BCUT2D eigenvalue weighted by atomic mass is 9.79. The summed E-state index contributed by atoms with van der Waals surface area (Å²) in [6.07, 6.45) is 0.594. The van der Waals surface area contributed by atoms with Crippen molar-refractivity contribution in [1.29, 1.82) is 0 Å². The first-order valence-corrected chi connectivity index (χ1v) is 10.7. The fourth-order valence-corrected chi connectivity index (χ4v) is 4.29. The number of rotatable bonds is 4. The number of amides is 1. The molecule has 3 heteroatoms. The van der Waals surface area contributed by atoms with E-state index in [2.05, 4.69) is 70.2 Å². The van der Waals surface area contributed by atoms with Crippen LogP contribution in [0.15, 0.2) is 48.5 Å². The SMILES string of the molecule is CCC(C)(N)C(=O)N1Cc2ccccc2/C(C(C)C)=C(/C(C)C)c2ccccc21. The fraction of sp³-hybridized carbons (Fsp3) is 0.423. The Morgan fingerprint density at radius 2 is 1.48 bits per heavy atom. The summed E-state index contributed by atoms with van der Waals surface area (Å²) < 4.78 is 0.